The Balaban J connectivity index is 2.95. The van der Waals surface area contributed by atoms with Crippen molar-refractivity contribution in [1.29, 1.82) is 0 Å². The lowest BCUT2D eigenvalue weighted by Gasteiger charge is -2.43. The second-order valence-corrected chi connectivity index (χ2v) is 23.4. The van der Waals surface area contributed by atoms with Gasteiger partial charge in [0, 0.05) is 11.6 Å². The standard InChI is InChI=1S/C21H48O3Si3/c1-20(2)27(23-25(3,4)5,24-26(6,7)8)22-21-18-16-14-12-10-9-11-13-15-17-19-21/h20-21H,9-19H2,1-8H3. The van der Waals surface area contributed by atoms with Gasteiger partial charge in [-0.2, -0.15) is 0 Å². The highest BCUT2D eigenvalue weighted by molar-refractivity contribution is 6.86. The molecule has 0 atom stereocenters. The Labute approximate surface area is 173 Å². The molecule has 0 unspecified atom stereocenters. The van der Waals surface area contributed by atoms with E-state index in [-0.39, 0.29) is 0 Å². The Hall–Kier alpha value is 0.531. The van der Waals surface area contributed by atoms with Crippen molar-refractivity contribution < 1.29 is 12.7 Å². The van der Waals surface area contributed by atoms with Crippen LogP contribution in [0.15, 0.2) is 0 Å². The summed E-state index contributed by atoms with van der Waals surface area (Å²) in [6.07, 6.45) is 14.9. The van der Waals surface area contributed by atoms with Crippen LogP contribution in [-0.4, -0.2) is 31.5 Å². The third kappa shape index (κ3) is 11.3. The van der Waals surface area contributed by atoms with Crippen LogP contribution in [0.5, 0.6) is 0 Å². The molecule has 0 N–H and O–H groups in total. The molecule has 0 aromatic rings. The van der Waals surface area contributed by atoms with Gasteiger partial charge in [-0.15, -0.1) is 0 Å². The molecule has 0 heterocycles. The molecule has 0 saturated heterocycles. The lowest BCUT2D eigenvalue weighted by molar-refractivity contribution is 0.0767. The molecule has 1 saturated carbocycles. The van der Waals surface area contributed by atoms with E-state index < -0.39 is 25.4 Å². The van der Waals surface area contributed by atoms with Gasteiger partial charge in [0.1, 0.15) is 0 Å². The third-order valence-electron chi connectivity index (χ3n) is 4.99. The summed E-state index contributed by atoms with van der Waals surface area (Å²) in [7, 11) is -6.22. The molecule has 27 heavy (non-hydrogen) atoms. The quantitative estimate of drug-likeness (QED) is 0.385. The van der Waals surface area contributed by atoms with Crippen LogP contribution in [0.4, 0.5) is 0 Å². The zero-order valence-corrected chi connectivity index (χ0v) is 22.7. The third-order valence-corrected chi connectivity index (χ3v) is 14.2. The second-order valence-electron chi connectivity index (χ2n) is 10.7. The van der Waals surface area contributed by atoms with E-state index in [0.717, 1.165) is 0 Å². The van der Waals surface area contributed by atoms with Gasteiger partial charge in [0.2, 0.25) is 0 Å². The van der Waals surface area contributed by atoms with Gasteiger partial charge >= 0.3 is 8.80 Å². The zero-order valence-electron chi connectivity index (χ0n) is 19.7. The number of hydrogen-bond acceptors (Lipinski definition) is 3. The minimum absolute atomic E-state index is 0.311. The summed E-state index contributed by atoms with van der Waals surface area (Å²) >= 11 is 0. The summed E-state index contributed by atoms with van der Waals surface area (Å²) in [5, 5.41) is 0. The molecule has 1 aliphatic rings. The molecular formula is C21H48O3Si3. The first-order valence-electron chi connectivity index (χ1n) is 11.5. The van der Waals surface area contributed by atoms with Crippen LogP contribution in [0.3, 0.4) is 0 Å². The Morgan fingerprint density at radius 1 is 0.593 bits per heavy atom. The number of hydrogen-bond donors (Lipinski definition) is 0. The molecule has 6 heteroatoms. The first-order valence-corrected chi connectivity index (χ1v) is 20.1. The Kier molecular flexibility index (Phi) is 11.0. The van der Waals surface area contributed by atoms with Crippen LogP contribution in [0.25, 0.3) is 0 Å². The predicted molar refractivity (Wildman–Crippen MR) is 125 cm³/mol. The Morgan fingerprint density at radius 2 is 0.926 bits per heavy atom. The maximum atomic E-state index is 6.96. The number of rotatable bonds is 7. The Bertz CT molecular complexity index is 374. The minimum Gasteiger partial charge on any atom is -0.416 e. The fourth-order valence-electron chi connectivity index (χ4n) is 3.77. The van der Waals surface area contributed by atoms with Crippen LogP contribution in [0.2, 0.25) is 44.8 Å². The van der Waals surface area contributed by atoms with Gasteiger partial charge in [0.25, 0.3) is 0 Å². The molecule has 0 radical (unpaired) electrons. The minimum atomic E-state index is -2.70. The molecule has 0 aliphatic heterocycles. The fraction of sp³-hybridized carbons (Fsp3) is 1.00. The van der Waals surface area contributed by atoms with Crippen molar-refractivity contribution >= 4 is 25.4 Å². The normalized spacial score (nSPS) is 20.3. The van der Waals surface area contributed by atoms with Crippen molar-refractivity contribution in [3.8, 4) is 0 Å². The van der Waals surface area contributed by atoms with Crippen molar-refractivity contribution in [3.05, 3.63) is 0 Å². The first-order chi connectivity index (χ1) is 12.4. The maximum Gasteiger partial charge on any atom is 0.482 e. The van der Waals surface area contributed by atoms with E-state index in [2.05, 4.69) is 53.1 Å². The monoisotopic (exact) mass is 432 g/mol. The van der Waals surface area contributed by atoms with Crippen molar-refractivity contribution in [2.75, 3.05) is 0 Å². The molecule has 0 spiro atoms. The average Bonchev–Trinajstić information content (AvgIpc) is 2.46. The molecule has 0 bridgehead atoms. The van der Waals surface area contributed by atoms with E-state index in [4.69, 9.17) is 12.7 Å². The highest BCUT2D eigenvalue weighted by Crippen LogP contribution is 2.34. The van der Waals surface area contributed by atoms with Crippen molar-refractivity contribution in [2.24, 2.45) is 0 Å². The van der Waals surface area contributed by atoms with E-state index in [9.17, 15) is 0 Å². The van der Waals surface area contributed by atoms with E-state index in [1.54, 1.807) is 0 Å². The second kappa shape index (κ2) is 11.6. The van der Waals surface area contributed by atoms with Crippen LogP contribution < -0.4 is 0 Å². The van der Waals surface area contributed by atoms with Crippen LogP contribution in [0.1, 0.15) is 84.5 Å². The molecule has 0 amide bonds. The molecule has 0 aromatic heterocycles. The average molecular weight is 433 g/mol. The zero-order chi connectivity index (χ0) is 20.6. The summed E-state index contributed by atoms with van der Waals surface area (Å²) in [4.78, 5) is 0. The molecule has 3 nitrogen and oxygen atoms in total. The largest absolute Gasteiger partial charge is 0.482 e. The molecule has 1 rings (SSSR count). The summed E-state index contributed by atoms with van der Waals surface area (Å²) in [6, 6.07) is 0. The summed E-state index contributed by atoms with van der Waals surface area (Å²) in [5.41, 5.74) is 0.317. The highest BCUT2D eigenvalue weighted by Gasteiger charge is 2.51. The van der Waals surface area contributed by atoms with Gasteiger partial charge in [-0.05, 0) is 52.1 Å². The van der Waals surface area contributed by atoms with Crippen LogP contribution >= 0.6 is 0 Å². The lowest BCUT2D eigenvalue weighted by atomic mass is 10.00. The van der Waals surface area contributed by atoms with E-state index in [1.807, 2.05) is 0 Å². The van der Waals surface area contributed by atoms with Crippen LogP contribution in [0, 0.1) is 0 Å². The lowest BCUT2D eigenvalue weighted by Crippen LogP contribution is -2.60. The fourth-order valence-corrected chi connectivity index (χ4v) is 14.4. The SMILES string of the molecule is CC(C)[Si](OC1CCCCCCCCCCC1)(O[Si](C)(C)C)O[Si](C)(C)C. The van der Waals surface area contributed by atoms with E-state index in [0.29, 0.717) is 11.6 Å². The Morgan fingerprint density at radius 3 is 1.22 bits per heavy atom. The maximum absolute atomic E-state index is 6.96. The molecule has 1 aliphatic carbocycles. The molecule has 162 valence electrons. The van der Waals surface area contributed by atoms with Crippen molar-refractivity contribution in [1.82, 2.24) is 0 Å². The van der Waals surface area contributed by atoms with Gasteiger partial charge in [-0.3, -0.25) is 0 Å². The van der Waals surface area contributed by atoms with Crippen LogP contribution in [-0.2, 0) is 12.7 Å². The summed E-state index contributed by atoms with van der Waals surface area (Å²) in [5.74, 6) is 0. The molecule has 0 aromatic carbocycles. The van der Waals surface area contributed by atoms with Gasteiger partial charge in [-0.1, -0.05) is 71.6 Å². The summed E-state index contributed by atoms with van der Waals surface area (Å²) in [6.45, 7) is 18.1. The van der Waals surface area contributed by atoms with Gasteiger partial charge < -0.3 is 12.7 Å². The van der Waals surface area contributed by atoms with Gasteiger partial charge in [-0.25, -0.2) is 0 Å². The van der Waals surface area contributed by atoms with Crippen molar-refractivity contribution in [2.45, 2.75) is 135 Å². The predicted octanol–water partition coefficient (Wildman–Crippen LogP) is 7.73. The molecular weight excluding hydrogens is 384 g/mol. The van der Waals surface area contributed by atoms with Gasteiger partial charge in [0.15, 0.2) is 16.6 Å². The molecule has 1 fully saturated rings. The van der Waals surface area contributed by atoms with E-state index in [1.165, 1.54) is 70.6 Å². The van der Waals surface area contributed by atoms with E-state index >= 15 is 0 Å². The summed E-state index contributed by atoms with van der Waals surface area (Å²) < 4.78 is 20.6. The topological polar surface area (TPSA) is 27.7 Å². The smallest absolute Gasteiger partial charge is 0.416 e. The first kappa shape index (κ1) is 25.6. The van der Waals surface area contributed by atoms with Gasteiger partial charge in [0.05, 0.1) is 0 Å². The van der Waals surface area contributed by atoms with Crippen molar-refractivity contribution in [3.63, 3.8) is 0 Å². The highest BCUT2D eigenvalue weighted by atomic mass is 28.5.